The molecule has 0 aliphatic carbocycles. The Morgan fingerprint density at radius 1 is 1.10 bits per heavy atom. The van der Waals surface area contributed by atoms with E-state index in [1.54, 1.807) is 36.3 Å². The molecule has 3 atom stereocenters. The summed E-state index contributed by atoms with van der Waals surface area (Å²) in [6, 6.07) is 6.42. The third-order valence-electron chi connectivity index (χ3n) is 5.14. The van der Waals surface area contributed by atoms with E-state index < -0.39 is 29.8 Å². The van der Waals surface area contributed by atoms with Crippen molar-refractivity contribution in [2.75, 3.05) is 0 Å². The Morgan fingerprint density at radius 3 is 2.65 bits per heavy atom. The van der Waals surface area contributed by atoms with Crippen LogP contribution in [0.4, 0.5) is 8.78 Å². The van der Waals surface area contributed by atoms with Gasteiger partial charge in [-0.1, -0.05) is 6.07 Å². The molecule has 0 radical (unpaired) electrons. The highest BCUT2D eigenvalue weighted by Gasteiger charge is 2.33. The predicted octanol–water partition coefficient (Wildman–Crippen LogP) is 3.22. The van der Waals surface area contributed by atoms with Crippen LogP contribution in [0, 0.1) is 23.0 Å². The van der Waals surface area contributed by atoms with Crippen molar-refractivity contribution in [3.8, 4) is 17.2 Å². The zero-order chi connectivity index (χ0) is 22.0. The van der Waals surface area contributed by atoms with Crippen molar-refractivity contribution in [1.82, 2.24) is 29.5 Å². The fourth-order valence-electron chi connectivity index (χ4n) is 3.56. The highest BCUT2D eigenvalue weighted by molar-refractivity contribution is 5.68. The predicted molar refractivity (Wildman–Crippen MR) is 105 cm³/mol. The lowest BCUT2D eigenvalue weighted by Gasteiger charge is -2.29. The molecule has 3 heterocycles. The van der Waals surface area contributed by atoms with E-state index in [4.69, 9.17) is 0 Å². The molecule has 4 aromatic rings. The molecule has 0 saturated carbocycles. The Balaban J connectivity index is 1.75. The van der Waals surface area contributed by atoms with E-state index in [0.29, 0.717) is 16.7 Å². The lowest BCUT2D eigenvalue weighted by atomic mass is 9.90. The van der Waals surface area contributed by atoms with Crippen LogP contribution in [0.5, 0.6) is 0 Å². The number of nitrogens with zero attached hydrogens (tertiary/aromatic N) is 7. The maximum atomic E-state index is 14.7. The Bertz CT molecular complexity index is 1230. The molecule has 0 aliphatic rings. The Morgan fingerprint density at radius 2 is 1.94 bits per heavy atom. The highest BCUT2D eigenvalue weighted by Crippen LogP contribution is 2.38. The van der Waals surface area contributed by atoms with Crippen LogP contribution in [0.3, 0.4) is 0 Å². The summed E-state index contributed by atoms with van der Waals surface area (Å²) in [7, 11) is 0. The van der Waals surface area contributed by atoms with Gasteiger partial charge in [-0.3, -0.25) is 9.67 Å². The molecule has 0 amide bonds. The molecule has 31 heavy (non-hydrogen) atoms. The van der Waals surface area contributed by atoms with Crippen molar-refractivity contribution in [3.05, 3.63) is 84.5 Å². The number of benzene rings is 1. The van der Waals surface area contributed by atoms with Crippen LogP contribution < -0.4 is 0 Å². The monoisotopic (exact) mass is 421 g/mol. The molecular formula is C21H17F2N7O. The molecule has 1 aromatic carbocycles. The van der Waals surface area contributed by atoms with E-state index >= 15 is 0 Å². The Labute approximate surface area is 176 Å². The topological polar surface area (TPSA) is 105 Å². The molecule has 1 N–H and O–H groups in total. The van der Waals surface area contributed by atoms with E-state index in [1.807, 2.05) is 0 Å². The summed E-state index contributed by atoms with van der Waals surface area (Å²) in [6.07, 6.45) is 7.58. The molecule has 0 bridgehead atoms. The second-order valence-electron chi connectivity index (χ2n) is 6.96. The first-order valence-electron chi connectivity index (χ1n) is 9.35. The van der Waals surface area contributed by atoms with E-state index in [0.717, 1.165) is 12.1 Å². The first kappa shape index (κ1) is 20.3. The average molecular weight is 421 g/mol. The second kappa shape index (κ2) is 8.41. The number of halogens is 2. The molecule has 8 nitrogen and oxygen atoms in total. The van der Waals surface area contributed by atoms with Gasteiger partial charge in [-0.2, -0.15) is 15.5 Å². The maximum Gasteiger partial charge on any atom is 0.157 e. The number of aliphatic hydroxyl groups excluding tert-OH is 1. The van der Waals surface area contributed by atoms with Crippen molar-refractivity contribution >= 4 is 0 Å². The molecule has 4 rings (SSSR count). The standard InChI is InChI=1S/C21H17F2N7O/c1-13(29-10-15(9-27-29)17-4-5-25-8-14(17)7-24)20(21(31)30-12-26-11-28-30)18-3-2-16(22)6-19(18)23/h2-6,8-13,20-21,31H,1H3/t13-,20+,21-/m1/s1. The SMILES string of the molecule is C[C@H]([C@@H](c1ccc(F)cc1F)[C@@H](O)n1cncn1)n1cc(-c2ccncc2C#N)cn1. The average Bonchev–Trinajstić information content (AvgIpc) is 3.47. The summed E-state index contributed by atoms with van der Waals surface area (Å²) in [5, 5.41) is 28.6. The van der Waals surface area contributed by atoms with Crippen molar-refractivity contribution in [1.29, 1.82) is 5.26 Å². The van der Waals surface area contributed by atoms with Gasteiger partial charge in [0.15, 0.2) is 6.23 Å². The fourth-order valence-corrected chi connectivity index (χ4v) is 3.56. The number of aromatic nitrogens is 6. The molecule has 156 valence electrons. The largest absolute Gasteiger partial charge is 0.371 e. The number of rotatable bonds is 6. The summed E-state index contributed by atoms with van der Waals surface area (Å²) in [4.78, 5) is 7.78. The van der Waals surface area contributed by atoms with Crippen LogP contribution in [-0.2, 0) is 0 Å². The molecule has 0 aliphatic heterocycles. The van der Waals surface area contributed by atoms with Gasteiger partial charge in [-0.05, 0) is 24.6 Å². The second-order valence-corrected chi connectivity index (χ2v) is 6.96. The number of hydrogen-bond acceptors (Lipinski definition) is 6. The minimum atomic E-state index is -1.29. The van der Waals surface area contributed by atoms with Crippen LogP contribution in [0.2, 0.25) is 0 Å². The van der Waals surface area contributed by atoms with Gasteiger partial charge in [-0.15, -0.1) is 0 Å². The molecule has 0 saturated heterocycles. The van der Waals surface area contributed by atoms with Gasteiger partial charge in [0.2, 0.25) is 0 Å². The van der Waals surface area contributed by atoms with Crippen molar-refractivity contribution in [2.45, 2.75) is 25.1 Å². The molecule has 0 spiro atoms. The summed E-state index contributed by atoms with van der Waals surface area (Å²) in [6.45, 7) is 1.75. The third kappa shape index (κ3) is 3.91. The van der Waals surface area contributed by atoms with Gasteiger partial charge in [0, 0.05) is 35.8 Å². The summed E-state index contributed by atoms with van der Waals surface area (Å²) in [5.41, 5.74) is 1.81. The van der Waals surface area contributed by atoms with Crippen molar-refractivity contribution in [3.63, 3.8) is 0 Å². The smallest absolute Gasteiger partial charge is 0.157 e. The van der Waals surface area contributed by atoms with Crippen LogP contribution >= 0.6 is 0 Å². The van der Waals surface area contributed by atoms with Crippen LogP contribution in [0.25, 0.3) is 11.1 Å². The van der Waals surface area contributed by atoms with Crippen LogP contribution in [0.15, 0.2) is 61.7 Å². The zero-order valence-electron chi connectivity index (χ0n) is 16.3. The number of aliphatic hydroxyl groups is 1. The lowest BCUT2D eigenvalue weighted by Crippen LogP contribution is -2.27. The minimum absolute atomic E-state index is 0.107. The fraction of sp³-hybridized carbons (Fsp3) is 0.190. The Kier molecular flexibility index (Phi) is 5.51. The first-order chi connectivity index (χ1) is 15.0. The molecule has 3 aromatic heterocycles. The summed E-state index contributed by atoms with van der Waals surface area (Å²) >= 11 is 0. The van der Waals surface area contributed by atoms with Gasteiger partial charge in [0.1, 0.15) is 30.4 Å². The van der Waals surface area contributed by atoms with E-state index in [-0.39, 0.29) is 5.56 Å². The molecule has 0 unspecified atom stereocenters. The summed E-state index contributed by atoms with van der Waals surface area (Å²) < 4.78 is 30.9. The highest BCUT2D eigenvalue weighted by atomic mass is 19.1. The van der Waals surface area contributed by atoms with E-state index in [9.17, 15) is 19.1 Å². The van der Waals surface area contributed by atoms with E-state index in [2.05, 4.69) is 26.2 Å². The van der Waals surface area contributed by atoms with Gasteiger partial charge < -0.3 is 5.11 Å². The van der Waals surface area contributed by atoms with Gasteiger partial charge in [0.05, 0.1) is 23.7 Å². The first-order valence-corrected chi connectivity index (χ1v) is 9.35. The zero-order valence-corrected chi connectivity index (χ0v) is 16.3. The maximum absolute atomic E-state index is 14.7. The number of nitriles is 1. The number of hydrogen-bond donors (Lipinski definition) is 1. The minimum Gasteiger partial charge on any atom is -0.371 e. The molecular weight excluding hydrogens is 404 g/mol. The normalized spacial score (nSPS) is 14.0. The van der Waals surface area contributed by atoms with Crippen LogP contribution in [-0.4, -0.2) is 34.6 Å². The molecule has 10 heteroatoms. The summed E-state index contributed by atoms with van der Waals surface area (Å²) in [5.74, 6) is -2.38. The van der Waals surface area contributed by atoms with Gasteiger partial charge in [0.25, 0.3) is 0 Å². The van der Waals surface area contributed by atoms with Crippen LogP contribution in [0.1, 0.15) is 36.2 Å². The quantitative estimate of drug-likeness (QED) is 0.512. The van der Waals surface area contributed by atoms with E-state index in [1.165, 1.54) is 29.6 Å². The van der Waals surface area contributed by atoms with Crippen molar-refractivity contribution < 1.29 is 13.9 Å². The van der Waals surface area contributed by atoms with Gasteiger partial charge in [-0.25, -0.2) is 18.4 Å². The van der Waals surface area contributed by atoms with Crippen molar-refractivity contribution in [2.24, 2.45) is 0 Å². The molecule has 0 fully saturated rings. The Hall–Kier alpha value is -3.97. The number of pyridine rings is 1. The lowest BCUT2D eigenvalue weighted by molar-refractivity contribution is 0.0403. The third-order valence-corrected chi connectivity index (χ3v) is 5.14. The van der Waals surface area contributed by atoms with Gasteiger partial charge >= 0.3 is 0 Å².